The molecule has 0 radical (unpaired) electrons. The SMILES string of the molecule is CC(=O)Nc1cccc(C(=O)NCC(C)(O)c2ccsc2)c1. The normalized spacial score (nSPS) is 13.2. The van der Waals surface area contributed by atoms with Crippen molar-refractivity contribution in [3.63, 3.8) is 0 Å². The zero-order valence-electron chi connectivity index (χ0n) is 12.4. The second-order valence-electron chi connectivity index (χ2n) is 5.23. The molecule has 3 N–H and O–H groups in total. The summed E-state index contributed by atoms with van der Waals surface area (Å²) in [5, 5.41) is 19.4. The van der Waals surface area contributed by atoms with Gasteiger partial charge in [0.25, 0.3) is 5.91 Å². The van der Waals surface area contributed by atoms with Crippen molar-refractivity contribution < 1.29 is 14.7 Å². The molecule has 0 saturated heterocycles. The molecule has 2 rings (SSSR count). The van der Waals surface area contributed by atoms with Crippen LogP contribution in [0.5, 0.6) is 0 Å². The monoisotopic (exact) mass is 318 g/mol. The van der Waals surface area contributed by atoms with Crippen LogP contribution in [-0.2, 0) is 10.4 Å². The van der Waals surface area contributed by atoms with Crippen molar-refractivity contribution in [2.24, 2.45) is 0 Å². The molecule has 5 nitrogen and oxygen atoms in total. The molecule has 0 aliphatic carbocycles. The summed E-state index contributed by atoms with van der Waals surface area (Å²) in [5.74, 6) is -0.499. The van der Waals surface area contributed by atoms with E-state index < -0.39 is 5.60 Å². The first-order valence-corrected chi connectivity index (χ1v) is 7.74. The zero-order chi connectivity index (χ0) is 16.2. The molecule has 2 amide bonds. The average molecular weight is 318 g/mol. The number of hydrogen-bond acceptors (Lipinski definition) is 4. The number of benzene rings is 1. The van der Waals surface area contributed by atoms with Gasteiger partial charge in [-0.05, 0) is 47.5 Å². The first-order chi connectivity index (χ1) is 10.4. The molecule has 1 atom stereocenters. The molecule has 1 aromatic heterocycles. The first kappa shape index (κ1) is 16.2. The summed E-state index contributed by atoms with van der Waals surface area (Å²) in [4.78, 5) is 23.2. The minimum atomic E-state index is -1.12. The average Bonchev–Trinajstić information content (AvgIpc) is 2.99. The molecule has 116 valence electrons. The highest BCUT2D eigenvalue weighted by Crippen LogP contribution is 2.22. The number of carbonyl (C=O) groups is 2. The molecule has 22 heavy (non-hydrogen) atoms. The minimum Gasteiger partial charge on any atom is -0.384 e. The topological polar surface area (TPSA) is 78.4 Å². The molecule has 0 saturated carbocycles. The number of nitrogens with one attached hydrogen (secondary N) is 2. The minimum absolute atomic E-state index is 0.104. The maximum absolute atomic E-state index is 12.2. The summed E-state index contributed by atoms with van der Waals surface area (Å²) in [6.45, 7) is 3.17. The van der Waals surface area contributed by atoms with Crippen molar-refractivity contribution in [2.75, 3.05) is 11.9 Å². The highest BCUT2D eigenvalue weighted by molar-refractivity contribution is 7.08. The van der Waals surface area contributed by atoms with Crippen molar-refractivity contribution in [1.29, 1.82) is 0 Å². The third-order valence-electron chi connectivity index (χ3n) is 3.18. The Bertz CT molecular complexity index is 666. The summed E-state index contributed by atoms with van der Waals surface area (Å²) in [7, 11) is 0. The van der Waals surface area contributed by atoms with Crippen LogP contribution in [0, 0.1) is 0 Å². The van der Waals surface area contributed by atoms with Gasteiger partial charge in [-0.3, -0.25) is 9.59 Å². The molecule has 0 aliphatic heterocycles. The van der Waals surface area contributed by atoms with E-state index in [1.54, 1.807) is 31.2 Å². The van der Waals surface area contributed by atoms with Crippen LogP contribution < -0.4 is 10.6 Å². The Hall–Kier alpha value is -2.18. The van der Waals surface area contributed by atoms with Crippen molar-refractivity contribution in [2.45, 2.75) is 19.4 Å². The molecule has 0 aliphatic rings. The number of rotatable bonds is 5. The summed E-state index contributed by atoms with van der Waals surface area (Å²) < 4.78 is 0. The maximum atomic E-state index is 12.2. The van der Waals surface area contributed by atoms with Crippen LogP contribution in [0.25, 0.3) is 0 Å². The lowest BCUT2D eigenvalue weighted by Gasteiger charge is -2.22. The number of aliphatic hydroxyl groups is 1. The van der Waals surface area contributed by atoms with Gasteiger partial charge < -0.3 is 15.7 Å². The van der Waals surface area contributed by atoms with Gasteiger partial charge in [0.2, 0.25) is 5.91 Å². The fraction of sp³-hybridized carbons (Fsp3) is 0.250. The Morgan fingerprint density at radius 3 is 2.73 bits per heavy atom. The third-order valence-corrected chi connectivity index (χ3v) is 3.86. The summed E-state index contributed by atoms with van der Waals surface area (Å²) >= 11 is 1.49. The van der Waals surface area contributed by atoms with Crippen LogP contribution >= 0.6 is 11.3 Å². The van der Waals surface area contributed by atoms with Gasteiger partial charge in [-0.25, -0.2) is 0 Å². The van der Waals surface area contributed by atoms with E-state index in [1.807, 2.05) is 16.8 Å². The lowest BCUT2D eigenvalue weighted by Crippen LogP contribution is -2.38. The number of hydrogen-bond donors (Lipinski definition) is 3. The summed E-state index contributed by atoms with van der Waals surface area (Å²) in [6, 6.07) is 8.47. The Morgan fingerprint density at radius 2 is 2.09 bits per heavy atom. The van der Waals surface area contributed by atoms with Gasteiger partial charge in [-0.15, -0.1) is 0 Å². The fourth-order valence-corrected chi connectivity index (χ4v) is 2.75. The molecule has 2 aromatic rings. The second-order valence-corrected chi connectivity index (χ2v) is 6.01. The first-order valence-electron chi connectivity index (χ1n) is 6.79. The molecule has 1 unspecified atom stereocenters. The van der Waals surface area contributed by atoms with Crippen LogP contribution in [0.2, 0.25) is 0 Å². The molecular weight excluding hydrogens is 300 g/mol. The largest absolute Gasteiger partial charge is 0.384 e. The standard InChI is InChI=1S/C16H18N2O3S/c1-11(19)18-14-5-3-4-12(8-14)15(20)17-10-16(2,21)13-6-7-22-9-13/h3-9,21H,10H2,1-2H3,(H,17,20)(H,18,19). The van der Waals surface area contributed by atoms with Gasteiger partial charge in [0.15, 0.2) is 0 Å². The Balaban J connectivity index is 2.02. The Labute approximate surface area is 133 Å². The molecule has 0 bridgehead atoms. The van der Waals surface area contributed by atoms with E-state index in [2.05, 4.69) is 10.6 Å². The van der Waals surface area contributed by atoms with Gasteiger partial charge in [0, 0.05) is 18.2 Å². The smallest absolute Gasteiger partial charge is 0.251 e. The Morgan fingerprint density at radius 1 is 1.32 bits per heavy atom. The van der Waals surface area contributed by atoms with E-state index >= 15 is 0 Å². The zero-order valence-corrected chi connectivity index (χ0v) is 13.2. The van der Waals surface area contributed by atoms with E-state index in [9.17, 15) is 14.7 Å². The van der Waals surface area contributed by atoms with Gasteiger partial charge in [-0.1, -0.05) is 6.07 Å². The molecule has 0 spiro atoms. The number of carbonyl (C=O) groups excluding carboxylic acids is 2. The molecule has 6 heteroatoms. The van der Waals surface area contributed by atoms with Crippen molar-refractivity contribution in [3.05, 3.63) is 52.2 Å². The van der Waals surface area contributed by atoms with E-state index in [1.165, 1.54) is 18.3 Å². The predicted molar refractivity (Wildman–Crippen MR) is 87.0 cm³/mol. The molecular formula is C16H18N2O3S. The van der Waals surface area contributed by atoms with E-state index in [-0.39, 0.29) is 18.4 Å². The van der Waals surface area contributed by atoms with Gasteiger partial charge >= 0.3 is 0 Å². The van der Waals surface area contributed by atoms with Crippen LogP contribution in [0.4, 0.5) is 5.69 Å². The number of amides is 2. The van der Waals surface area contributed by atoms with Crippen LogP contribution in [0.1, 0.15) is 29.8 Å². The van der Waals surface area contributed by atoms with Crippen LogP contribution in [-0.4, -0.2) is 23.5 Å². The second kappa shape index (κ2) is 6.72. The maximum Gasteiger partial charge on any atom is 0.251 e. The van der Waals surface area contributed by atoms with Gasteiger partial charge in [-0.2, -0.15) is 11.3 Å². The fourth-order valence-electron chi connectivity index (χ4n) is 1.97. The van der Waals surface area contributed by atoms with Gasteiger partial charge in [0.05, 0.1) is 6.54 Å². The third kappa shape index (κ3) is 4.16. The van der Waals surface area contributed by atoms with Crippen molar-refractivity contribution >= 4 is 28.8 Å². The van der Waals surface area contributed by atoms with Crippen molar-refractivity contribution in [3.8, 4) is 0 Å². The number of thiophene rings is 1. The molecule has 1 heterocycles. The van der Waals surface area contributed by atoms with Crippen LogP contribution in [0.3, 0.4) is 0 Å². The van der Waals surface area contributed by atoms with E-state index in [0.29, 0.717) is 11.3 Å². The summed E-state index contributed by atoms with van der Waals surface area (Å²) in [5.41, 5.74) is 0.632. The molecule has 1 aromatic carbocycles. The molecule has 0 fully saturated rings. The lowest BCUT2D eigenvalue weighted by atomic mass is 9.99. The number of anilines is 1. The predicted octanol–water partition coefficient (Wildman–Crippen LogP) is 2.34. The lowest BCUT2D eigenvalue weighted by molar-refractivity contribution is -0.114. The highest BCUT2D eigenvalue weighted by atomic mass is 32.1. The Kier molecular flexibility index (Phi) is 4.95. The quantitative estimate of drug-likeness (QED) is 0.792. The highest BCUT2D eigenvalue weighted by Gasteiger charge is 2.24. The summed E-state index contributed by atoms with van der Waals surface area (Å²) in [6.07, 6.45) is 0. The van der Waals surface area contributed by atoms with E-state index in [4.69, 9.17) is 0 Å². The van der Waals surface area contributed by atoms with Gasteiger partial charge in [0.1, 0.15) is 5.60 Å². The van der Waals surface area contributed by atoms with Crippen LogP contribution in [0.15, 0.2) is 41.1 Å². The van der Waals surface area contributed by atoms with E-state index in [0.717, 1.165) is 5.56 Å². The van der Waals surface area contributed by atoms with Crippen molar-refractivity contribution in [1.82, 2.24) is 5.32 Å².